The lowest BCUT2D eigenvalue weighted by atomic mass is 10.0. The minimum atomic E-state index is 0.229. The second-order valence-corrected chi connectivity index (χ2v) is 7.29. The molecular weight excluding hydrogens is 308 g/mol. The highest BCUT2D eigenvalue weighted by atomic mass is 16.2. The number of hydrogen-bond donors (Lipinski definition) is 0. The number of carbonyl (C=O) groups excluding carboxylic acids is 1. The molecule has 0 saturated carbocycles. The number of rotatable bonds is 4. The van der Waals surface area contributed by atoms with Gasteiger partial charge in [-0.2, -0.15) is 0 Å². The van der Waals surface area contributed by atoms with Crippen molar-refractivity contribution in [3.8, 4) is 0 Å². The molecule has 0 radical (unpaired) electrons. The summed E-state index contributed by atoms with van der Waals surface area (Å²) >= 11 is 0. The molecule has 0 aromatic heterocycles. The summed E-state index contributed by atoms with van der Waals surface area (Å²) in [5, 5.41) is 0. The van der Waals surface area contributed by atoms with Gasteiger partial charge in [0.25, 0.3) is 0 Å². The minimum absolute atomic E-state index is 0.229. The van der Waals surface area contributed by atoms with Crippen molar-refractivity contribution in [3.63, 3.8) is 0 Å². The fraction of sp³-hybridized carbons (Fsp3) is 0.409. The van der Waals surface area contributed by atoms with Gasteiger partial charge in [0.05, 0.1) is 6.42 Å². The minimum Gasteiger partial charge on any atom is -0.368 e. The Morgan fingerprint density at radius 2 is 1.84 bits per heavy atom. The molecule has 0 spiro atoms. The summed E-state index contributed by atoms with van der Waals surface area (Å²) in [6.45, 7) is 9.18. The van der Waals surface area contributed by atoms with E-state index in [0.717, 1.165) is 25.2 Å². The van der Waals surface area contributed by atoms with Crippen molar-refractivity contribution in [1.82, 2.24) is 4.90 Å². The zero-order chi connectivity index (χ0) is 17.8. The van der Waals surface area contributed by atoms with Crippen LogP contribution in [0.1, 0.15) is 37.8 Å². The van der Waals surface area contributed by atoms with Crippen LogP contribution in [0.4, 0.5) is 5.69 Å². The van der Waals surface area contributed by atoms with E-state index < -0.39 is 0 Å². The summed E-state index contributed by atoms with van der Waals surface area (Å²) in [5.41, 5.74) is 3.73. The molecule has 2 aromatic carbocycles. The van der Waals surface area contributed by atoms with Crippen LogP contribution in [0.5, 0.6) is 0 Å². The average molecular weight is 336 g/mol. The fourth-order valence-corrected chi connectivity index (χ4v) is 3.52. The molecule has 2 aromatic rings. The smallest absolute Gasteiger partial charge is 0.227 e. The van der Waals surface area contributed by atoms with Crippen molar-refractivity contribution in [2.24, 2.45) is 0 Å². The second kappa shape index (κ2) is 7.73. The maximum atomic E-state index is 12.7. The van der Waals surface area contributed by atoms with Gasteiger partial charge < -0.3 is 9.80 Å². The molecule has 3 heteroatoms. The molecule has 0 bridgehead atoms. The van der Waals surface area contributed by atoms with Gasteiger partial charge in [0, 0.05) is 31.4 Å². The summed E-state index contributed by atoms with van der Waals surface area (Å²) < 4.78 is 0. The molecular formula is C22H28N2O. The van der Waals surface area contributed by atoms with Gasteiger partial charge in [-0.05, 0) is 36.1 Å². The van der Waals surface area contributed by atoms with Gasteiger partial charge in [-0.3, -0.25) is 4.79 Å². The van der Waals surface area contributed by atoms with Crippen LogP contribution in [-0.4, -0.2) is 36.5 Å². The molecule has 1 aliphatic rings. The topological polar surface area (TPSA) is 23.6 Å². The van der Waals surface area contributed by atoms with Crippen molar-refractivity contribution in [2.45, 2.75) is 39.2 Å². The van der Waals surface area contributed by atoms with E-state index in [2.05, 4.69) is 49.9 Å². The van der Waals surface area contributed by atoms with Crippen LogP contribution in [0.25, 0.3) is 0 Å². The summed E-state index contributed by atoms with van der Waals surface area (Å²) in [6, 6.07) is 19.1. The summed E-state index contributed by atoms with van der Waals surface area (Å²) in [7, 11) is 0. The first-order valence-electron chi connectivity index (χ1n) is 9.23. The van der Waals surface area contributed by atoms with Crippen LogP contribution >= 0.6 is 0 Å². The lowest BCUT2D eigenvalue weighted by molar-refractivity contribution is -0.132. The molecule has 1 aliphatic heterocycles. The van der Waals surface area contributed by atoms with E-state index >= 15 is 0 Å². The largest absolute Gasteiger partial charge is 0.368 e. The van der Waals surface area contributed by atoms with Crippen molar-refractivity contribution in [3.05, 3.63) is 65.7 Å². The Labute approximate surface area is 151 Å². The predicted octanol–water partition coefficient (Wildman–Crippen LogP) is 4.09. The van der Waals surface area contributed by atoms with Gasteiger partial charge in [0.15, 0.2) is 0 Å². The fourth-order valence-electron chi connectivity index (χ4n) is 3.52. The monoisotopic (exact) mass is 336 g/mol. The molecule has 132 valence electrons. The Morgan fingerprint density at radius 1 is 1.08 bits per heavy atom. The lowest BCUT2D eigenvalue weighted by Gasteiger charge is -2.41. The number of benzene rings is 2. The number of hydrogen-bond acceptors (Lipinski definition) is 2. The van der Waals surface area contributed by atoms with Crippen molar-refractivity contribution in [2.75, 3.05) is 24.5 Å². The second-order valence-electron chi connectivity index (χ2n) is 7.29. The zero-order valence-corrected chi connectivity index (χ0v) is 15.5. The Morgan fingerprint density at radius 3 is 2.52 bits per heavy atom. The van der Waals surface area contributed by atoms with Crippen LogP contribution in [-0.2, 0) is 11.2 Å². The standard InChI is InChI=1S/C22H28N2O/c1-17(2)20-10-7-11-21(15-20)23-12-13-24(18(3)16-23)22(25)14-19-8-5-4-6-9-19/h4-11,15,17-18H,12-14,16H2,1-3H3. The van der Waals surface area contributed by atoms with E-state index in [1.54, 1.807) is 0 Å². The van der Waals surface area contributed by atoms with Crippen LogP contribution in [0, 0.1) is 0 Å². The van der Waals surface area contributed by atoms with Crippen LogP contribution in [0.2, 0.25) is 0 Å². The lowest BCUT2D eigenvalue weighted by Crippen LogP contribution is -2.54. The third-order valence-electron chi connectivity index (χ3n) is 5.05. The number of carbonyl (C=O) groups is 1. The first-order valence-corrected chi connectivity index (χ1v) is 9.23. The third kappa shape index (κ3) is 4.22. The quantitative estimate of drug-likeness (QED) is 0.839. The van der Waals surface area contributed by atoms with Crippen LogP contribution < -0.4 is 4.90 Å². The van der Waals surface area contributed by atoms with Gasteiger partial charge in [-0.15, -0.1) is 0 Å². The van der Waals surface area contributed by atoms with Gasteiger partial charge in [0.2, 0.25) is 5.91 Å². The normalized spacial score (nSPS) is 17.8. The molecule has 1 heterocycles. The Bertz CT molecular complexity index is 711. The SMILES string of the molecule is CC(C)c1cccc(N2CCN(C(=O)Cc3ccccc3)C(C)C2)c1. The van der Waals surface area contributed by atoms with Gasteiger partial charge in [0.1, 0.15) is 0 Å². The molecule has 3 rings (SSSR count). The van der Waals surface area contributed by atoms with E-state index in [0.29, 0.717) is 12.3 Å². The number of nitrogens with zero attached hydrogens (tertiary/aromatic N) is 2. The highest BCUT2D eigenvalue weighted by Crippen LogP contribution is 2.24. The molecule has 25 heavy (non-hydrogen) atoms. The van der Waals surface area contributed by atoms with Crippen molar-refractivity contribution in [1.29, 1.82) is 0 Å². The number of piperazine rings is 1. The zero-order valence-electron chi connectivity index (χ0n) is 15.5. The molecule has 1 saturated heterocycles. The molecule has 1 fully saturated rings. The maximum Gasteiger partial charge on any atom is 0.227 e. The Kier molecular flexibility index (Phi) is 5.42. The highest BCUT2D eigenvalue weighted by Gasteiger charge is 2.27. The van der Waals surface area contributed by atoms with E-state index in [9.17, 15) is 4.79 Å². The molecule has 3 nitrogen and oxygen atoms in total. The van der Waals surface area contributed by atoms with Crippen LogP contribution in [0.15, 0.2) is 54.6 Å². The first-order chi connectivity index (χ1) is 12.0. The van der Waals surface area contributed by atoms with Crippen molar-refractivity contribution >= 4 is 11.6 Å². The van der Waals surface area contributed by atoms with E-state index in [1.165, 1.54) is 11.3 Å². The maximum absolute atomic E-state index is 12.7. The van der Waals surface area contributed by atoms with Gasteiger partial charge >= 0.3 is 0 Å². The van der Waals surface area contributed by atoms with E-state index in [4.69, 9.17) is 0 Å². The molecule has 1 unspecified atom stereocenters. The van der Waals surface area contributed by atoms with E-state index in [-0.39, 0.29) is 11.9 Å². The van der Waals surface area contributed by atoms with Gasteiger partial charge in [-0.25, -0.2) is 0 Å². The van der Waals surface area contributed by atoms with Crippen LogP contribution in [0.3, 0.4) is 0 Å². The Balaban J connectivity index is 1.64. The number of anilines is 1. The van der Waals surface area contributed by atoms with Crippen molar-refractivity contribution < 1.29 is 4.79 Å². The number of amides is 1. The third-order valence-corrected chi connectivity index (χ3v) is 5.05. The summed E-state index contributed by atoms with van der Waals surface area (Å²) in [6.07, 6.45) is 0.494. The van der Waals surface area contributed by atoms with Gasteiger partial charge in [-0.1, -0.05) is 56.3 Å². The summed E-state index contributed by atoms with van der Waals surface area (Å²) in [5.74, 6) is 0.764. The average Bonchev–Trinajstić information content (AvgIpc) is 2.62. The molecule has 1 amide bonds. The summed E-state index contributed by atoms with van der Waals surface area (Å²) in [4.78, 5) is 17.1. The highest BCUT2D eigenvalue weighted by molar-refractivity contribution is 5.79. The molecule has 0 aliphatic carbocycles. The first kappa shape index (κ1) is 17.5. The molecule has 1 atom stereocenters. The Hall–Kier alpha value is -2.29. The van der Waals surface area contributed by atoms with E-state index in [1.807, 2.05) is 35.2 Å². The predicted molar refractivity (Wildman–Crippen MR) is 104 cm³/mol. The molecule has 0 N–H and O–H groups in total.